The molecule has 0 saturated heterocycles. The molecular weight excluding hydrogens is 348 g/mol. The molecule has 4 heteroatoms. The second kappa shape index (κ2) is 8.22. The summed E-state index contributed by atoms with van der Waals surface area (Å²) in [6, 6.07) is 10.7. The minimum atomic E-state index is 0.857. The van der Waals surface area contributed by atoms with Gasteiger partial charge in [-0.2, -0.15) is 0 Å². The van der Waals surface area contributed by atoms with Crippen LogP contribution in [0.3, 0.4) is 0 Å². The Labute approximate surface area is 159 Å². The van der Waals surface area contributed by atoms with E-state index < -0.39 is 0 Å². The van der Waals surface area contributed by atoms with Crippen LogP contribution in [0.25, 0.3) is 22.5 Å². The number of thiophene rings is 1. The van der Waals surface area contributed by atoms with Gasteiger partial charge in [0.15, 0.2) is 0 Å². The quantitative estimate of drug-likeness (QED) is 0.554. The third-order valence-electron chi connectivity index (χ3n) is 4.16. The van der Waals surface area contributed by atoms with Gasteiger partial charge in [0.1, 0.15) is 4.83 Å². The fourth-order valence-electron chi connectivity index (χ4n) is 3.15. The summed E-state index contributed by atoms with van der Waals surface area (Å²) in [5, 5.41) is 4.76. The highest BCUT2D eigenvalue weighted by molar-refractivity contribution is 7.22. The van der Waals surface area contributed by atoms with Gasteiger partial charge in [0.05, 0.1) is 4.34 Å². The molecule has 1 N–H and O–H groups in total. The van der Waals surface area contributed by atoms with Crippen molar-refractivity contribution < 1.29 is 0 Å². The van der Waals surface area contributed by atoms with Crippen LogP contribution in [-0.4, -0.2) is 11.1 Å². The number of benzene rings is 1. The third-order valence-corrected chi connectivity index (χ3v) is 5.43. The molecule has 0 radical (unpaired) electrons. The van der Waals surface area contributed by atoms with Crippen LogP contribution in [0.4, 0.5) is 0 Å². The van der Waals surface area contributed by atoms with Crippen LogP contribution in [0, 0.1) is 6.92 Å². The lowest BCUT2D eigenvalue weighted by Crippen LogP contribution is -2.24. The largest absolute Gasteiger partial charge is 0.312 e. The maximum atomic E-state index is 6.24. The van der Waals surface area contributed by atoms with Gasteiger partial charge in [-0.1, -0.05) is 61.7 Å². The van der Waals surface area contributed by atoms with E-state index in [2.05, 4.69) is 73.3 Å². The first-order chi connectivity index (χ1) is 12.1. The standard InChI is InChI=1S/C18H17ClN2S.C3H8/c1-12-3-2-4-13(9-12)6-8-21-16-5-7-20-11-15(16)14-10-17(19)22-18(14)21;1-3-2/h2-4,6,8-10,20H,5,7,11H2,1H3;3H2,1-2H3/b8-6-;. The number of fused-ring (bicyclic) bond motifs is 3. The summed E-state index contributed by atoms with van der Waals surface area (Å²) in [5.41, 5.74) is 5.33. The van der Waals surface area contributed by atoms with Crippen molar-refractivity contribution in [1.82, 2.24) is 9.88 Å². The first kappa shape index (κ1) is 18.2. The second-order valence-corrected chi connectivity index (χ2v) is 8.09. The van der Waals surface area contributed by atoms with Gasteiger partial charge in [0, 0.05) is 36.8 Å². The smallest absolute Gasteiger partial charge is 0.108 e. The lowest BCUT2D eigenvalue weighted by Gasteiger charge is -2.15. The van der Waals surface area contributed by atoms with Crippen molar-refractivity contribution in [3.8, 4) is 0 Å². The average molecular weight is 373 g/mol. The summed E-state index contributed by atoms with van der Waals surface area (Å²) in [6.07, 6.45) is 6.68. The van der Waals surface area contributed by atoms with Crippen molar-refractivity contribution in [2.24, 2.45) is 0 Å². The molecule has 4 rings (SSSR count). The molecule has 1 aromatic carbocycles. The first-order valence-electron chi connectivity index (χ1n) is 8.90. The SMILES string of the molecule is CCC.Cc1cccc(/C=C\n2c3c(c4cc(Cl)sc42)CNCC3)c1. The Hall–Kier alpha value is -1.55. The third kappa shape index (κ3) is 4.00. The van der Waals surface area contributed by atoms with Crippen molar-refractivity contribution in [2.75, 3.05) is 6.54 Å². The molecule has 1 aliphatic rings. The van der Waals surface area contributed by atoms with Gasteiger partial charge in [-0.25, -0.2) is 0 Å². The molecular formula is C21H25ClN2S. The van der Waals surface area contributed by atoms with Gasteiger partial charge >= 0.3 is 0 Å². The van der Waals surface area contributed by atoms with E-state index in [-0.39, 0.29) is 0 Å². The number of hydrogen-bond acceptors (Lipinski definition) is 2. The van der Waals surface area contributed by atoms with Crippen molar-refractivity contribution in [3.05, 3.63) is 57.1 Å². The van der Waals surface area contributed by atoms with Gasteiger partial charge in [0.2, 0.25) is 0 Å². The van der Waals surface area contributed by atoms with Crippen LogP contribution in [0.1, 0.15) is 42.7 Å². The van der Waals surface area contributed by atoms with Gasteiger partial charge in [-0.05, 0) is 30.2 Å². The monoisotopic (exact) mass is 372 g/mol. The zero-order chi connectivity index (χ0) is 17.8. The van der Waals surface area contributed by atoms with Crippen LogP contribution in [0.2, 0.25) is 4.34 Å². The van der Waals surface area contributed by atoms with Crippen LogP contribution in [0.5, 0.6) is 0 Å². The van der Waals surface area contributed by atoms with E-state index in [1.54, 1.807) is 11.3 Å². The minimum absolute atomic E-state index is 0.857. The van der Waals surface area contributed by atoms with Gasteiger partial charge in [-0.3, -0.25) is 0 Å². The average Bonchev–Trinajstić information content (AvgIpc) is 3.09. The van der Waals surface area contributed by atoms with E-state index in [0.29, 0.717) is 0 Å². The predicted molar refractivity (Wildman–Crippen MR) is 113 cm³/mol. The van der Waals surface area contributed by atoms with Crippen LogP contribution in [-0.2, 0) is 13.0 Å². The maximum absolute atomic E-state index is 6.24. The van der Waals surface area contributed by atoms with Crippen molar-refractivity contribution >= 4 is 45.4 Å². The minimum Gasteiger partial charge on any atom is -0.312 e. The topological polar surface area (TPSA) is 17.0 Å². The Morgan fingerprint density at radius 3 is 2.84 bits per heavy atom. The molecule has 0 bridgehead atoms. The molecule has 132 valence electrons. The van der Waals surface area contributed by atoms with E-state index in [4.69, 9.17) is 11.6 Å². The highest BCUT2D eigenvalue weighted by atomic mass is 35.5. The Balaban J connectivity index is 0.000000569. The molecule has 25 heavy (non-hydrogen) atoms. The number of nitrogens with one attached hydrogen (secondary N) is 1. The highest BCUT2D eigenvalue weighted by Gasteiger charge is 2.20. The van der Waals surface area contributed by atoms with Gasteiger partial charge < -0.3 is 9.88 Å². The molecule has 2 nitrogen and oxygen atoms in total. The molecule has 3 heterocycles. The molecule has 0 atom stereocenters. The van der Waals surface area contributed by atoms with E-state index >= 15 is 0 Å². The molecule has 0 amide bonds. The van der Waals surface area contributed by atoms with Crippen LogP contribution >= 0.6 is 22.9 Å². The number of halogens is 1. The molecule has 0 aliphatic carbocycles. The molecule has 0 fully saturated rings. The number of nitrogens with zero attached hydrogens (tertiary/aromatic N) is 1. The summed E-state index contributed by atoms with van der Waals surface area (Å²) in [7, 11) is 0. The Bertz CT molecular complexity index is 889. The summed E-state index contributed by atoms with van der Waals surface area (Å²) in [5.74, 6) is 0. The molecule has 0 spiro atoms. The summed E-state index contributed by atoms with van der Waals surface area (Å²) in [4.78, 5) is 1.25. The molecule has 0 saturated carbocycles. The zero-order valence-electron chi connectivity index (χ0n) is 15.1. The Morgan fingerprint density at radius 1 is 1.28 bits per heavy atom. The van der Waals surface area contributed by atoms with Gasteiger partial charge in [0.25, 0.3) is 0 Å². The summed E-state index contributed by atoms with van der Waals surface area (Å²) >= 11 is 7.90. The zero-order valence-corrected chi connectivity index (χ0v) is 16.7. The number of hydrogen-bond donors (Lipinski definition) is 1. The normalized spacial score (nSPS) is 13.8. The molecule has 0 unspecified atom stereocenters. The van der Waals surface area contributed by atoms with Crippen LogP contribution < -0.4 is 5.32 Å². The van der Waals surface area contributed by atoms with E-state index in [0.717, 1.165) is 23.8 Å². The fourth-order valence-corrected chi connectivity index (χ4v) is 4.40. The summed E-state index contributed by atoms with van der Waals surface area (Å²) in [6.45, 7) is 8.35. The Kier molecular flexibility index (Phi) is 6.00. The van der Waals surface area contributed by atoms with Crippen molar-refractivity contribution in [1.29, 1.82) is 0 Å². The number of aromatic nitrogens is 1. The summed E-state index contributed by atoms with van der Waals surface area (Å²) < 4.78 is 3.18. The number of rotatable bonds is 2. The maximum Gasteiger partial charge on any atom is 0.108 e. The Morgan fingerprint density at radius 2 is 2.08 bits per heavy atom. The lowest BCUT2D eigenvalue weighted by molar-refractivity contribution is 0.634. The predicted octanol–water partition coefficient (Wildman–Crippen LogP) is 6.35. The van der Waals surface area contributed by atoms with Crippen molar-refractivity contribution in [3.63, 3.8) is 0 Å². The molecule has 2 aromatic heterocycles. The van der Waals surface area contributed by atoms with Crippen LogP contribution in [0.15, 0.2) is 30.3 Å². The fraction of sp³-hybridized carbons (Fsp3) is 0.333. The van der Waals surface area contributed by atoms with E-state index in [1.807, 2.05) is 0 Å². The van der Waals surface area contributed by atoms with Crippen molar-refractivity contribution in [2.45, 2.75) is 40.2 Å². The number of aryl methyl sites for hydroxylation is 1. The lowest BCUT2D eigenvalue weighted by atomic mass is 10.1. The molecule has 3 aromatic rings. The second-order valence-electron chi connectivity index (χ2n) is 6.43. The van der Waals surface area contributed by atoms with E-state index in [9.17, 15) is 0 Å². The van der Waals surface area contributed by atoms with Gasteiger partial charge in [-0.15, -0.1) is 11.3 Å². The molecule has 1 aliphatic heterocycles. The first-order valence-corrected chi connectivity index (χ1v) is 10.1. The van der Waals surface area contributed by atoms with E-state index in [1.165, 1.54) is 39.0 Å². The highest BCUT2D eigenvalue weighted by Crippen LogP contribution is 2.37.